The lowest BCUT2D eigenvalue weighted by Gasteiger charge is -2.43. The number of hydrogen-bond acceptors (Lipinski definition) is 8. The third-order valence-electron chi connectivity index (χ3n) is 17.9. The quantitative estimate of drug-likeness (QED) is 0.0510. The van der Waals surface area contributed by atoms with Gasteiger partial charge in [0.25, 0.3) is 16.6 Å². The van der Waals surface area contributed by atoms with Gasteiger partial charge in [0.2, 0.25) is 20.0 Å². The van der Waals surface area contributed by atoms with Gasteiger partial charge in [-0.25, -0.2) is 36.2 Å². The van der Waals surface area contributed by atoms with Gasteiger partial charge < -0.3 is 18.0 Å². The van der Waals surface area contributed by atoms with E-state index in [-0.39, 0.29) is 58.8 Å². The van der Waals surface area contributed by atoms with Gasteiger partial charge in [-0.15, -0.1) is 0 Å². The van der Waals surface area contributed by atoms with Gasteiger partial charge in [0.1, 0.15) is 0 Å². The average molecular weight is 1320 g/mol. The first-order valence-electron chi connectivity index (χ1n) is 33.0. The molecule has 6 aromatic carbocycles. The minimum absolute atomic E-state index is 0.0339. The Morgan fingerprint density at radius 1 is 0.413 bits per heavy atom. The maximum Gasteiger partial charge on any atom is 0.261 e. The van der Waals surface area contributed by atoms with Crippen LogP contribution in [0.5, 0.6) is 0 Å². The van der Waals surface area contributed by atoms with Gasteiger partial charge in [0, 0.05) is 62.8 Å². The molecule has 2 atom stereocenters. The SMILES string of the molecule is CC(C)c1cc(C(C)C)c(S(=O)(=O)N[C@H](CO[Si](c2ccccc2)(c2ccccc2)C(C)(C)C)Cc2cncn2C)c(C(C)C)c1.CC(C)c1cc(C(C)C)c(S(=O)(=O)N[C@H](CO[Si](c2ccccc2)(c2ccccc2)C(C)(C)C)Cc2cncn2C)c(C(C)C)c1. The Balaban J connectivity index is 0.000000261. The minimum atomic E-state index is -3.95. The van der Waals surface area contributed by atoms with E-state index in [2.05, 4.69) is 265 Å². The first-order valence-corrected chi connectivity index (χ1v) is 39.7. The number of benzene rings is 6. The zero-order valence-corrected chi connectivity index (χ0v) is 62.3. The van der Waals surface area contributed by atoms with Crippen LogP contribution in [0.15, 0.2) is 180 Å². The van der Waals surface area contributed by atoms with Crippen molar-refractivity contribution in [3.8, 4) is 0 Å². The molecule has 8 aromatic rings. The van der Waals surface area contributed by atoms with E-state index in [9.17, 15) is 16.8 Å². The van der Waals surface area contributed by atoms with E-state index in [1.165, 1.54) is 0 Å². The van der Waals surface area contributed by atoms with Crippen molar-refractivity contribution in [2.75, 3.05) is 13.2 Å². The molecule has 2 N–H and O–H groups in total. The molecular formula is C76H106N6O6S2Si2. The van der Waals surface area contributed by atoms with Gasteiger partial charge >= 0.3 is 0 Å². The highest BCUT2D eigenvalue weighted by atomic mass is 32.2. The summed E-state index contributed by atoms with van der Waals surface area (Å²) in [6, 6.07) is 49.1. The molecule has 0 saturated heterocycles. The number of hydrogen-bond donors (Lipinski definition) is 2. The highest BCUT2D eigenvalue weighted by molar-refractivity contribution is 7.90. The lowest BCUT2D eigenvalue weighted by atomic mass is 9.89. The summed E-state index contributed by atoms with van der Waals surface area (Å²) in [7, 11) is -9.85. The molecule has 12 nitrogen and oxygen atoms in total. The van der Waals surface area contributed by atoms with Crippen molar-refractivity contribution in [2.45, 2.75) is 205 Å². The van der Waals surface area contributed by atoms with Gasteiger partial charge in [-0.3, -0.25) is 0 Å². The molecule has 16 heteroatoms. The molecule has 8 rings (SSSR count). The van der Waals surface area contributed by atoms with Crippen LogP contribution in [0, 0.1) is 0 Å². The van der Waals surface area contributed by atoms with Crippen LogP contribution < -0.4 is 30.2 Å². The summed E-state index contributed by atoms with van der Waals surface area (Å²) >= 11 is 0. The molecule has 0 aliphatic rings. The fourth-order valence-corrected chi connectivity index (χ4v) is 25.9. The lowest BCUT2D eigenvalue weighted by Crippen LogP contribution is -2.67. The lowest BCUT2D eigenvalue weighted by molar-refractivity contribution is 0.261. The van der Waals surface area contributed by atoms with Crippen molar-refractivity contribution in [2.24, 2.45) is 14.1 Å². The molecule has 0 saturated carbocycles. The third kappa shape index (κ3) is 16.7. The molecule has 0 bridgehead atoms. The summed E-state index contributed by atoms with van der Waals surface area (Å²) in [6.07, 6.45) is 7.99. The molecule has 0 fully saturated rings. The van der Waals surface area contributed by atoms with Gasteiger partial charge in [0.05, 0.1) is 35.7 Å². The highest BCUT2D eigenvalue weighted by Crippen LogP contribution is 2.41. The zero-order chi connectivity index (χ0) is 67.7. The molecule has 92 heavy (non-hydrogen) atoms. The van der Waals surface area contributed by atoms with E-state index in [4.69, 9.17) is 8.85 Å². The standard InChI is InChI=1S/2C38H53N3O3SSi/c2*1-27(2)30-21-35(28(3)4)37(36(22-30)29(5)6)45(42,43)40-31(23-32-24-39-26-41(32)10)25-44-46(38(7,8)9,33-17-13-11-14-18-33)34-19-15-12-16-20-34/h2*11-22,24,26-29,31,40H,23,25H2,1-10H3/t2*31-/m00/s1. The molecule has 2 heterocycles. The monoisotopic (exact) mass is 1320 g/mol. The fraction of sp³-hybridized carbons (Fsp3) is 0.447. The van der Waals surface area contributed by atoms with Crippen LogP contribution in [0.3, 0.4) is 0 Å². The number of aryl methyl sites for hydroxylation is 2. The number of rotatable bonds is 26. The van der Waals surface area contributed by atoms with Crippen molar-refractivity contribution in [1.29, 1.82) is 0 Å². The highest BCUT2D eigenvalue weighted by Gasteiger charge is 2.52. The molecular weight excluding hydrogens is 1210 g/mol. The second-order valence-electron chi connectivity index (χ2n) is 29.0. The van der Waals surface area contributed by atoms with Crippen LogP contribution in [-0.2, 0) is 55.8 Å². The van der Waals surface area contributed by atoms with Crippen molar-refractivity contribution < 1.29 is 25.7 Å². The van der Waals surface area contributed by atoms with Crippen LogP contribution in [-0.4, -0.2) is 77.9 Å². The van der Waals surface area contributed by atoms with Crippen LogP contribution in [0.25, 0.3) is 0 Å². The second-order valence-corrected chi connectivity index (χ2v) is 40.9. The normalized spacial score (nSPS) is 13.6. The maximum absolute atomic E-state index is 14.7. The smallest absolute Gasteiger partial charge is 0.261 e. The molecule has 2 aromatic heterocycles. The van der Waals surface area contributed by atoms with E-state index in [1.807, 2.05) is 47.5 Å². The van der Waals surface area contributed by atoms with Gasteiger partial charge in [0.15, 0.2) is 0 Å². The predicted molar refractivity (Wildman–Crippen MR) is 387 cm³/mol. The Morgan fingerprint density at radius 3 is 0.859 bits per heavy atom. The maximum atomic E-state index is 14.7. The largest absolute Gasteiger partial charge is 0.406 e. The second kappa shape index (κ2) is 30.5. The third-order valence-corrected chi connectivity index (χ3v) is 31.2. The first kappa shape index (κ1) is 73.3. The Kier molecular flexibility index (Phi) is 24.3. The van der Waals surface area contributed by atoms with E-state index >= 15 is 0 Å². The number of sulfonamides is 2. The summed E-state index contributed by atoms with van der Waals surface area (Å²) < 4.78 is 83.5. The summed E-state index contributed by atoms with van der Waals surface area (Å²) in [4.78, 5) is 9.46. The Bertz CT molecular complexity index is 3500. The zero-order valence-electron chi connectivity index (χ0n) is 58.7. The van der Waals surface area contributed by atoms with Gasteiger partial charge in [-0.2, -0.15) is 0 Å². The molecule has 0 unspecified atom stereocenters. The molecule has 0 spiro atoms. The number of nitrogens with one attached hydrogen (secondary N) is 2. The average Bonchev–Trinajstić information content (AvgIpc) is 0.818. The van der Waals surface area contributed by atoms with Crippen molar-refractivity contribution in [3.63, 3.8) is 0 Å². The molecule has 0 aliphatic carbocycles. The van der Waals surface area contributed by atoms with Crippen molar-refractivity contribution in [1.82, 2.24) is 28.5 Å². The Labute approximate surface area is 555 Å². The number of aromatic nitrogens is 4. The molecule has 496 valence electrons. The Hall–Kier alpha value is -6.09. The first-order chi connectivity index (χ1) is 43.2. The van der Waals surface area contributed by atoms with Crippen LogP contribution in [0.1, 0.15) is 205 Å². The summed E-state index contributed by atoms with van der Waals surface area (Å²) in [6.45, 7) is 39.0. The van der Waals surface area contributed by atoms with Crippen LogP contribution in [0.2, 0.25) is 10.1 Å². The molecule has 0 amide bonds. The van der Waals surface area contributed by atoms with E-state index in [0.29, 0.717) is 22.6 Å². The van der Waals surface area contributed by atoms with Gasteiger partial charge in [-0.1, -0.05) is 270 Å². The predicted octanol–water partition coefficient (Wildman–Crippen LogP) is 14.5. The van der Waals surface area contributed by atoms with Crippen LogP contribution in [0.4, 0.5) is 0 Å². The van der Waals surface area contributed by atoms with E-state index in [1.54, 1.807) is 25.0 Å². The Morgan fingerprint density at radius 2 is 0.663 bits per heavy atom. The van der Waals surface area contributed by atoms with E-state index in [0.717, 1.165) is 65.5 Å². The molecule has 0 radical (unpaired) electrons. The van der Waals surface area contributed by atoms with Crippen LogP contribution >= 0.6 is 0 Å². The summed E-state index contributed by atoms with van der Waals surface area (Å²) in [5.74, 6) is 0.714. The summed E-state index contributed by atoms with van der Waals surface area (Å²) in [5, 5.41) is 4.14. The fourth-order valence-electron chi connectivity index (χ4n) is 12.9. The minimum Gasteiger partial charge on any atom is -0.406 e. The number of imidazole rings is 2. The van der Waals surface area contributed by atoms with Gasteiger partial charge in [-0.05, 0) is 99.7 Å². The number of nitrogens with zero attached hydrogens (tertiary/aromatic N) is 4. The van der Waals surface area contributed by atoms with Crippen molar-refractivity contribution in [3.05, 3.63) is 215 Å². The van der Waals surface area contributed by atoms with Crippen molar-refractivity contribution >= 4 is 57.4 Å². The summed E-state index contributed by atoms with van der Waals surface area (Å²) in [5.41, 5.74) is 7.61. The molecule has 0 aliphatic heterocycles. The van der Waals surface area contributed by atoms with E-state index < -0.39 is 48.8 Å². The topological polar surface area (TPSA) is 146 Å².